The molecule has 1 fully saturated rings. The van der Waals surface area contributed by atoms with E-state index in [1.54, 1.807) is 18.3 Å². The monoisotopic (exact) mass is 340 g/mol. The summed E-state index contributed by atoms with van der Waals surface area (Å²) < 4.78 is 40.4. The van der Waals surface area contributed by atoms with E-state index < -0.39 is 11.9 Å². The topological polar surface area (TPSA) is 50.1 Å². The Kier molecular flexibility index (Phi) is 4.44. The van der Waals surface area contributed by atoms with Crippen molar-refractivity contribution in [1.82, 2.24) is 24.4 Å². The van der Waals surface area contributed by atoms with Gasteiger partial charge in [-0.2, -0.15) is 13.2 Å². The van der Waals surface area contributed by atoms with Gasteiger partial charge in [-0.1, -0.05) is 0 Å². The lowest BCUT2D eigenvalue weighted by Crippen LogP contribution is -2.35. The van der Waals surface area contributed by atoms with Crippen LogP contribution in [0.1, 0.15) is 17.8 Å². The highest BCUT2D eigenvalue weighted by Crippen LogP contribution is 2.29. The summed E-state index contributed by atoms with van der Waals surface area (Å²) in [5, 5.41) is 0. The van der Waals surface area contributed by atoms with E-state index in [1.165, 1.54) is 0 Å². The van der Waals surface area contributed by atoms with Crippen molar-refractivity contribution in [2.45, 2.75) is 25.2 Å². The second-order valence-electron chi connectivity index (χ2n) is 6.04. The summed E-state index contributed by atoms with van der Waals surface area (Å²) in [6.45, 7) is 2.43. The molecule has 1 unspecified atom stereocenters. The van der Waals surface area contributed by atoms with Crippen molar-refractivity contribution in [3.63, 3.8) is 0 Å². The van der Waals surface area contributed by atoms with Gasteiger partial charge in [-0.15, -0.1) is 0 Å². The van der Waals surface area contributed by atoms with Crippen LogP contribution in [-0.2, 0) is 19.8 Å². The molecule has 3 heterocycles. The van der Waals surface area contributed by atoms with Crippen molar-refractivity contribution in [2.75, 3.05) is 25.0 Å². The zero-order valence-corrected chi connectivity index (χ0v) is 13.5. The lowest BCUT2D eigenvalue weighted by atomic mass is 10.2. The third kappa shape index (κ3) is 3.50. The first-order valence-electron chi connectivity index (χ1n) is 7.64. The Labute approximate surface area is 137 Å². The van der Waals surface area contributed by atoms with E-state index in [-0.39, 0.29) is 6.04 Å². The molecule has 0 spiro atoms. The normalized spacial score (nSPS) is 19.0. The van der Waals surface area contributed by atoms with Crippen LogP contribution in [0.25, 0.3) is 0 Å². The zero-order valence-electron chi connectivity index (χ0n) is 13.5. The summed E-state index contributed by atoms with van der Waals surface area (Å²) in [5.74, 6) is 0.296. The predicted molar refractivity (Wildman–Crippen MR) is 82.3 cm³/mol. The van der Waals surface area contributed by atoms with Crippen LogP contribution in [0.3, 0.4) is 0 Å². The molecule has 2 aromatic heterocycles. The molecule has 1 aliphatic heterocycles. The number of likely N-dealkylation sites (tertiary alicyclic amines) is 1. The fourth-order valence-corrected chi connectivity index (χ4v) is 2.92. The van der Waals surface area contributed by atoms with Crippen LogP contribution in [0, 0.1) is 0 Å². The Hall–Kier alpha value is -2.16. The van der Waals surface area contributed by atoms with Gasteiger partial charge in [0.1, 0.15) is 17.8 Å². The number of hydrogen-bond donors (Lipinski definition) is 0. The number of imidazole rings is 1. The molecule has 1 aliphatic rings. The van der Waals surface area contributed by atoms with Crippen molar-refractivity contribution in [2.24, 2.45) is 7.05 Å². The van der Waals surface area contributed by atoms with E-state index in [0.717, 1.165) is 44.1 Å². The Morgan fingerprint density at radius 1 is 1.33 bits per heavy atom. The molecule has 0 aromatic carbocycles. The summed E-state index contributed by atoms with van der Waals surface area (Å²) in [5.41, 5.74) is 0.198. The van der Waals surface area contributed by atoms with Gasteiger partial charge in [0.05, 0.1) is 12.0 Å². The zero-order chi connectivity index (χ0) is 17.3. The molecule has 1 saturated heterocycles. The minimum Gasteiger partial charge on any atom is -0.355 e. The molecule has 0 N–H and O–H groups in total. The Bertz CT molecular complexity index is 699. The number of anilines is 1. The number of aryl methyl sites for hydroxylation is 1. The van der Waals surface area contributed by atoms with E-state index in [9.17, 15) is 13.2 Å². The lowest BCUT2D eigenvalue weighted by Gasteiger charge is -2.26. The van der Waals surface area contributed by atoms with Crippen molar-refractivity contribution in [1.29, 1.82) is 0 Å². The maximum atomic E-state index is 12.8. The number of aromatic nitrogens is 4. The molecular formula is C15H19F3N6. The Morgan fingerprint density at radius 3 is 2.79 bits per heavy atom. The first-order valence-corrected chi connectivity index (χ1v) is 7.64. The Balaban J connectivity index is 1.66. The minimum absolute atomic E-state index is 0.120. The third-order valence-corrected chi connectivity index (χ3v) is 4.40. The summed E-state index contributed by atoms with van der Waals surface area (Å²) >= 11 is 0. The highest BCUT2D eigenvalue weighted by Gasteiger charge is 2.34. The van der Waals surface area contributed by atoms with Gasteiger partial charge in [0, 0.05) is 52.0 Å². The molecule has 0 radical (unpaired) electrons. The molecule has 0 aliphatic carbocycles. The fraction of sp³-hybridized carbons (Fsp3) is 0.533. The largest absolute Gasteiger partial charge is 0.433 e. The second-order valence-corrected chi connectivity index (χ2v) is 6.04. The average molecular weight is 340 g/mol. The SMILES string of the molecule is CN(c1cc(C(F)(F)F)ncn1)C1CCN(Cc2cncn2C)C1. The predicted octanol–water partition coefficient (Wildman–Crippen LogP) is 1.94. The second kappa shape index (κ2) is 6.39. The molecule has 0 bridgehead atoms. The fourth-order valence-electron chi connectivity index (χ4n) is 2.92. The van der Waals surface area contributed by atoms with Crippen LogP contribution in [0.15, 0.2) is 24.9 Å². The highest BCUT2D eigenvalue weighted by atomic mass is 19.4. The van der Waals surface area contributed by atoms with Crippen LogP contribution in [0.5, 0.6) is 0 Å². The van der Waals surface area contributed by atoms with Crippen LogP contribution in [-0.4, -0.2) is 50.6 Å². The number of nitrogens with zero attached hydrogens (tertiary/aromatic N) is 6. The smallest absolute Gasteiger partial charge is 0.355 e. The van der Waals surface area contributed by atoms with Crippen molar-refractivity contribution in [3.05, 3.63) is 36.3 Å². The summed E-state index contributed by atoms with van der Waals surface area (Å²) in [7, 11) is 3.72. The first-order chi connectivity index (χ1) is 11.3. The van der Waals surface area contributed by atoms with E-state index in [1.807, 2.05) is 17.8 Å². The maximum Gasteiger partial charge on any atom is 0.433 e. The standard InChI is InChI=1S/C15H19F3N6/c1-22-10-19-6-12(22)8-24-4-3-11(7-24)23(2)14-5-13(15(16,17)18)20-9-21-14/h5-6,9-11H,3-4,7-8H2,1-2H3. The van der Waals surface area contributed by atoms with Gasteiger partial charge >= 0.3 is 6.18 Å². The minimum atomic E-state index is -4.46. The van der Waals surface area contributed by atoms with Crippen molar-refractivity contribution >= 4 is 5.82 Å². The molecule has 9 heteroatoms. The molecule has 1 atom stereocenters. The van der Waals surface area contributed by atoms with Crippen LogP contribution in [0.4, 0.5) is 19.0 Å². The van der Waals surface area contributed by atoms with E-state index in [0.29, 0.717) is 5.82 Å². The van der Waals surface area contributed by atoms with E-state index >= 15 is 0 Å². The molecular weight excluding hydrogens is 321 g/mol. The number of halogens is 3. The van der Waals surface area contributed by atoms with Gasteiger partial charge in [0.25, 0.3) is 0 Å². The molecule has 0 saturated carbocycles. The van der Waals surface area contributed by atoms with Crippen LogP contribution in [0.2, 0.25) is 0 Å². The summed E-state index contributed by atoms with van der Waals surface area (Å²) in [4.78, 5) is 15.5. The number of likely N-dealkylation sites (N-methyl/N-ethyl adjacent to an activating group) is 1. The molecule has 130 valence electrons. The maximum absolute atomic E-state index is 12.8. The van der Waals surface area contributed by atoms with Gasteiger partial charge in [-0.25, -0.2) is 15.0 Å². The van der Waals surface area contributed by atoms with Gasteiger partial charge in [-0.05, 0) is 6.42 Å². The van der Waals surface area contributed by atoms with Gasteiger partial charge in [0.2, 0.25) is 0 Å². The molecule has 0 amide bonds. The third-order valence-electron chi connectivity index (χ3n) is 4.40. The van der Waals surface area contributed by atoms with Crippen molar-refractivity contribution < 1.29 is 13.2 Å². The number of hydrogen-bond acceptors (Lipinski definition) is 5. The molecule has 6 nitrogen and oxygen atoms in total. The van der Waals surface area contributed by atoms with Gasteiger partial charge < -0.3 is 9.47 Å². The van der Waals surface area contributed by atoms with Crippen LogP contribution >= 0.6 is 0 Å². The summed E-state index contributed by atoms with van der Waals surface area (Å²) in [6, 6.07) is 1.12. The number of rotatable bonds is 4. The summed E-state index contributed by atoms with van der Waals surface area (Å²) in [6.07, 6.45) is 0.974. The molecule has 2 aromatic rings. The van der Waals surface area contributed by atoms with Crippen molar-refractivity contribution in [3.8, 4) is 0 Å². The highest BCUT2D eigenvalue weighted by molar-refractivity contribution is 5.40. The quantitative estimate of drug-likeness (QED) is 0.851. The van der Waals surface area contributed by atoms with E-state index in [2.05, 4.69) is 19.9 Å². The lowest BCUT2D eigenvalue weighted by molar-refractivity contribution is -0.141. The first kappa shape index (κ1) is 16.7. The molecule has 24 heavy (non-hydrogen) atoms. The van der Waals surface area contributed by atoms with Gasteiger partial charge in [-0.3, -0.25) is 4.90 Å². The van der Waals surface area contributed by atoms with E-state index in [4.69, 9.17) is 0 Å². The Morgan fingerprint density at radius 2 is 2.12 bits per heavy atom. The van der Waals surface area contributed by atoms with Gasteiger partial charge in [0.15, 0.2) is 0 Å². The average Bonchev–Trinajstić information content (AvgIpc) is 3.16. The molecule has 3 rings (SSSR count). The number of alkyl halides is 3. The van der Waals surface area contributed by atoms with Crippen LogP contribution < -0.4 is 4.90 Å².